The zero-order valence-electron chi connectivity index (χ0n) is 8.93. The summed E-state index contributed by atoms with van der Waals surface area (Å²) < 4.78 is 31.5. The molecule has 0 N–H and O–H groups in total. The van der Waals surface area contributed by atoms with Crippen LogP contribution in [0.5, 0.6) is 0 Å². The number of hydrogen-bond acceptors (Lipinski definition) is 5. The molecule has 0 atom stereocenters. The molecule has 1 aromatic rings. The summed E-state index contributed by atoms with van der Waals surface area (Å²) in [5, 5.41) is 0.660. The Morgan fingerprint density at radius 1 is 1.47 bits per heavy atom. The molecule has 7 heteroatoms. The maximum absolute atomic E-state index is 10.5. The molecular weight excluding hydrogens is 282 g/mol. The molecule has 0 radical (unpaired) electrons. The molecule has 1 aliphatic heterocycles. The molecule has 94 valence electrons. The fourth-order valence-corrected chi connectivity index (χ4v) is 3.41. The molecule has 0 saturated heterocycles. The number of thioether (sulfide) groups is 1. The third-order valence-corrected chi connectivity index (χ3v) is 4.58. The maximum Gasteiger partial charge on any atom is 0.0946 e. The molecule has 0 bridgehead atoms. The first-order valence-corrected chi connectivity index (χ1v) is 8.01. The molecule has 0 fully saturated rings. The Balaban J connectivity index is 2.00. The summed E-state index contributed by atoms with van der Waals surface area (Å²) in [5.74, 6) is 0.457. The second-order valence-corrected chi connectivity index (χ2v) is 6.71. The third-order valence-electron chi connectivity index (χ3n) is 2.46. The predicted molar refractivity (Wildman–Crippen MR) is 68.7 cm³/mol. The Morgan fingerprint density at radius 3 is 2.94 bits per heavy atom. The van der Waals surface area contributed by atoms with Gasteiger partial charge in [-0.1, -0.05) is 11.6 Å². The second-order valence-electron chi connectivity index (χ2n) is 3.76. The van der Waals surface area contributed by atoms with Gasteiger partial charge in [0.25, 0.3) is 0 Å². The average molecular weight is 293 g/mol. The van der Waals surface area contributed by atoms with E-state index in [1.807, 2.05) is 23.1 Å². The molecule has 17 heavy (non-hydrogen) atoms. The van der Waals surface area contributed by atoms with E-state index in [1.165, 1.54) is 0 Å². The lowest BCUT2D eigenvalue weighted by molar-refractivity contribution is 0.461. The van der Waals surface area contributed by atoms with Gasteiger partial charge in [-0.25, -0.2) is 8.42 Å². The highest BCUT2D eigenvalue weighted by Crippen LogP contribution is 2.39. The molecule has 1 aliphatic rings. The summed E-state index contributed by atoms with van der Waals surface area (Å²) >= 11 is 7.60. The van der Waals surface area contributed by atoms with E-state index in [0.29, 0.717) is 18.0 Å². The molecule has 0 aliphatic carbocycles. The van der Waals surface area contributed by atoms with Crippen molar-refractivity contribution in [1.29, 1.82) is 0 Å². The van der Waals surface area contributed by atoms with Crippen molar-refractivity contribution >= 4 is 39.2 Å². The molecule has 0 unspecified atom stereocenters. The molecule has 2 rings (SSSR count). The topological polar surface area (TPSA) is 60.4 Å². The van der Waals surface area contributed by atoms with E-state index >= 15 is 0 Å². The Labute approximate surface area is 110 Å². The maximum atomic E-state index is 10.5. The summed E-state index contributed by atoms with van der Waals surface area (Å²) in [4.78, 5) is 3.18. The summed E-state index contributed by atoms with van der Waals surface area (Å²) in [6.07, 6.45) is 0.346. The van der Waals surface area contributed by atoms with Crippen LogP contribution in [0, 0.1) is 0 Å². The number of benzene rings is 1. The summed E-state index contributed by atoms with van der Waals surface area (Å²) in [6, 6.07) is 5.65. The van der Waals surface area contributed by atoms with Crippen molar-refractivity contribution in [2.75, 3.05) is 23.1 Å². The number of anilines is 1. The summed E-state index contributed by atoms with van der Waals surface area (Å²) in [5.41, 5.74) is 1.02. The van der Waals surface area contributed by atoms with Gasteiger partial charge >= 0.3 is 0 Å². The fraction of sp³-hybridized carbons (Fsp3) is 0.400. The van der Waals surface area contributed by atoms with Crippen molar-refractivity contribution in [3.05, 3.63) is 23.2 Å². The number of rotatable bonds is 4. The van der Waals surface area contributed by atoms with E-state index in [1.54, 1.807) is 11.8 Å². The number of halogens is 1. The van der Waals surface area contributed by atoms with E-state index in [2.05, 4.69) is 0 Å². The quantitative estimate of drug-likeness (QED) is 0.796. The van der Waals surface area contributed by atoms with Crippen LogP contribution in [0.15, 0.2) is 23.1 Å². The molecule has 1 heterocycles. The van der Waals surface area contributed by atoms with Crippen molar-refractivity contribution in [3.63, 3.8) is 0 Å². The first kappa shape index (κ1) is 13.0. The van der Waals surface area contributed by atoms with Crippen LogP contribution >= 0.6 is 23.4 Å². The lowest BCUT2D eigenvalue weighted by atomic mass is 10.3. The number of fused-ring (bicyclic) bond motifs is 1. The third kappa shape index (κ3) is 3.51. The van der Waals surface area contributed by atoms with E-state index < -0.39 is 10.1 Å². The first-order chi connectivity index (χ1) is 7.96. The largest absolute Gasteiger partial charge is 0.748 e. The van der Waals surface area contributed by atoms with Crippen molar-refractivity contribution in [2.45, 2.75) is 11.3 Å². The molecule has 0 amide bonds. The zero-order chi connectivity index (χ0) is 12.5. The smallest absolute Gasteiger partial charge is 0.0946 e. The van der Waals surface area contributed by atoms with Crippen LogP contribution in [0.2, 0.25) is 5.02 Å². The number of hydrogen-bond donors (Lipinski definition) is 0. The fourth-order valence-electron chi connectivity index (χ4n) is 1.69. The van der Waals surface area contributed by atoms with Gasteiger partial charge in [0.1, 0.15) is 0 Å². The molecule has 4 nitrogen and oxygen atoms in total. The van der Waals surface area contributed by atoms with E-state index in [9.17, 15) is 13.0 Å². The van der Waals surface area contributed by atoms with Crippen LogP contribution in [0.3, 0.4) is 0 Å². The normalized spacial score (nSPS) is 15.1. The minimum absolute atomic E-state index is 0.315. The Morgan fingerprint density at radius 2 is 2.24 bits per heavy atom. The lowest BCUT2D eigenvalue weighted by Crippen LogP contribution is -2.22. The van der Waals surface area contributed by atoms with E-state index in [4.69, 9.17) is 11.6 Å². The van der Waals surface area contributed by atoms with Gasteiger partial charge in [-0.15, -0.1) is 11.8 Å². The van der Waals surface area contributed by atoms with Gasteiger partial charge < -0.3 is 9.45 Å². The summed E-state index contributed by atoms with van der Waals surface area (Å²) in [6.45, 7) is 0.557. The van der Waals surface area contributed by atoms with E-state index in [-0.39, 0.29) is 5.75 Å². The van der Waals surface area contributed by atoms with Gasteiger partial charge in [-0.05, 0) is 24.6 Å². The van der Waals surface area contributed by atoms with Crippen molar-refractivity contribution in [3.8, 4) is 0 Å². The monoisotopic (exact) mass is 292 g/mol. The highest BCUT2D eigenvalue weighted by Gasteiger charge is 2.19. The Bertz CT molecular complexity index is 518. The Kier molecular flexibility index (Phi) is 3.87. The Hall–Kier alpha value is -0.430. The van der Waals surface area contributed by atoms with Crippen LogP contribution < -0.4 is 4.90 Å². The molecule has 1 aromatic carbocycles. The second kappa shape index (κ2) is 5.06. The van der Waals surface area contributed by atoms with Gasteiger partial charge in [0.15, 0.2) is 0 Å². The molecular formula is C10H11ClNO3S2-. The average Bonchev–Trinajstić information content (AvgIpc) is 2.59. The van der Waals surface area contributed by atoms with E-state index in [0.717, 1.165) is 16.5 Å². The van der Waals surface area contributed by atoms with Crippen LogP contribution in [0.4, 0.5) is 5.69 Å². The standard InChI is InChI=1S/C10H12ClNO3S2/c11-8-2-3-10-9(6-8)12(7-16-10)4-1-5-17(13,14)15/h2-3,6H,1,4-5,7H2,(H,13,14,15)/p-1. The van der Waals surface area contributed by atoms with Crippen molar-refractivity contribution in [2.24, 2.45) is 0 Å². The SMILES string of the molecule is O=S(=O)([O-])CCCN1CSc2ccc(Cl)cc21. The van der Waals surface area contributed by atoms with Crippen LogP contribution in [-0.4, -0.2) is 31.1 Å². The molecule has 0 spiro atoms. The van der Waals surface area contributed by atoms with Crippen LogP contribution in [-0.2, 0) is 10.1 Å². The van der Waals surface area contributed by atoms with Gasteiger partial charge in [0.05, 0.1) is 21.7 Å². The number of nitrogens with zero attached hydrogens (tertiary/aromatic N) is 1. The van der Waals surface area contributed by atoms with Crippen LogP contribution in [0.25, 0.3) is 0 Å². The molecule has 0 aromatic heterocycles. The predicted octanol–water partition coefficient (Wildman–Crippen LogP) is 2.14. The highest BCUT2D eigenvalue weighted by atomic mass is 35.5. The zero-order valence-corrected chi connectivity index (χ0v) is 11.3. The van der Waals surface area contributed by atoms with Gasteiger partial charge in [-0.3, -0.25) is 0 Å². The molecule has 0 saturated carbocycles. The minimum atomic E-state index is -4.11. The van der Waals surface area contributed by atoms with Crippen LogP contribution in [0.1, 0.15) is 6.42 Å². The van der Waals surface area contributed by atoms with Gasteiger partial charge in [-0.2, -0.15) is 0 Å². The minimum Gasteiger partial charge on any atom is -0.748 e. The van der Waals surface area contributed by atoms with Gasteiger partial charge in [0, 0.05) is 22.2 Å². The first-order valence-electron chi connectivity index (χ1n) is 5.06. The van der Waals surface area contributed by atoms with Crippen molar-refractivity contribution in [1.82, 2.24) is 0 Å². The van der Waals surface area contributed by atoms with Gasteiger partial charge in [0.2, 0.25) is 0 Å². The highest BCUT2D eigenvalue weighted by molar-refractivity contribution is 7.99. The summed E-state index contributed by atoms with van der Waals surface area (Å²) in [7, 11) is -4.11. The lowest BCUT2D eigenvalue weighted by Gasteiger charge is -2.18. The van der Waals surface area contributed by atoms with Crippen molar-refractivity contribution < 1.29 is 13.0 Å².